The van der Waals surface area contributed by atoms with Crippen LogP contribution in [0.1, 0.15) is 25.7 Å². The molecule has 0 bridgehead atoms. The molecule has 1 heterocycles. The predicted octanol–water partition coefficient (Wildman–Crippen LogP) is 0.685. The van der Waals surface area contributed by atoms with E-state index in [1.54, 1.807) is 10.9 Å². The second-order valence-electron chi connectivity index (χ2n) is 4.05. The molecule has 16 heavy (non-hydrogen) atoms. The number of thiocarbonyl (C=S) groups is 1. The Labute approximate surface area is 101 Å². The fraction of sp³-hybridized carbons (Fsp3) is 0.700. The van der Waals surface area contributed by atoms with Gasteiger partial charge in [0.25, 0.3) is 0 Å². The van der Waals surface area contributed by atoms with Crippen LogP contribution in [0.5, 0.6) is 0 Å². The smallest absolute Gasteiger partial charge is 0.166 e. The molecule has 0 amide bonds. The summed E-state index contributed by atoms with van der Waals surface area (Å²) in [6.07, 6.45) is 8.64. The number of hydrogen-bond acceptors (Lipinski definition) is 3. The van der Waals surface area contributed by atoms with E-state index in [-0.39, 0.29) is 0 Å². The van der Waals surface area contributed by atoms with Gasteiger partial charge >= 0.3 is 0 Å². The third kappa shape index (κ3) is 3.44. The van der Waals surface area contributed by atoms with Crippen LogP contribution in [0.4, 0.5) is 0 Å². The first-order chi connectivity index (χ1) is 7.84. The van der Waals surface area contributed by atoms with Crippen molar-refractivity contribution in [2.45, 2.75) is 38.3 Å². The highest BCUT2D eigenvalue weighted by atomic mass is 32.1. The van der Waals surface area contributed by atoms with E-state index in [4.69, 9.17) is 12.2 Å². The summed E-state index contributed by atoms with van der Waals surface area (Å²) in [6, 6.07) is 0.575. The molecule has 1 aliphatic carbocycles. The van der Waals surface area contributed by atoms with Gasteiger partial charge in [0.2, 0.25) is 0 Å². The molecule has 2 rings (SSSR count). The SMILES string of the molecule is S=C(NCCn1ccnn1)NC1CCCC1. The maximum absolute atomic E-state index is 5.22. The van der Waals surface area contributed by atoms with Crippen LogP contribution in [0.3, 0.4) is 0 Å². The molecule has 1 fully saturated rings. The lowest BCUT2D eigenvalue weighted by Gasteiger charge is -2.15. The molecule has 1 aromatic rings. The maximum atomic E-state index is 5.22. The van der Waals surface area contributed by atoms with Crippen LogP contribution in [0.2, 0.25) is 0 Å². The Morgan fingerprint density at radius 3 is 2.94 bits per heavy atom. The first kappa shape index (κ1) is 11.3. The van der Waals surface area contributed by atoms with Gasteiger partial charge in [-0.1, -0.05) is 18.1 Å². The molecule has 0 spiro atoms. The minimum Gasteiger partial charge on any atom is -0.361 e. The Morgan fingerprint density at radius 2 is 2.25 bits per heavy atom. The fourth-order valence-corrected chi connectivity index (χ4v) is 2.21. The third-order valence-electron chi connectivity index (χ3n) is 2.79. The normalized spacial score (nSPS) is 16.2. The number of hydrogen-bond donors (Lipinski definition) is 2. The molecule has 0 unspecified atom stereocenters. The fourth-order valence-electron chi connectivity index (χ4n) is 1.94. The Bertz CT molecular complexity index is 318. The van der Waals surface area contributed by atoms with E-state index in [1.165, 1.54) is 25.7 Å². The molecular weight excluding hydrogens is 222 g/mol. The Balaban J connectivity index is 1.60. The summed E-state index contributed by atoms with van der Waals surface area (Å²) in [5.41, 5.74) is 0. The van der Waals surface area contributed by atoms with Gasteiger partial charge in [-0.25, -0.2) is 0 Å². The van der Waals surface area contributed by atoms with E-state index >= 15 is 0 Å². The zero-order valence-corrected chi connectivity index (χ0v) is 10.0. The van der Waals surface area contributed by atoms with Crippen LogP contribution in [0.15, 0.2) is 12.4 Å². The van der Waals surface area contributed by atoms with Gasteiger partial charge in [0.15, 0.2) is 5.11 Å². The van der Waals surface area contributed by atoms with Gasteiger partial charge in [0.05, 0.1) is 12.7 Å². The number of aromatic nitrogens is 3. The summed E-state index contributed by atoms with van der Waals surface area (Å²) in [4.78, 5) is 0. The van der Waals surface area contributed by atoms with Gasteiger partial charge < -0.3 is 10.6 Å². The lowest BCUT2D eigenvalue weighted by atomic mass is 10.3. The standard InChI is InChI=1S/C10H17N5S/c16-10(13-9-3-1-2-4-9)11-5-7-15-8-6-12-14-15/h6,8-9H,1-5,7H2,(H2,11,13,16). The zero-order valence-electron chi connectivity index (χ0n) is 9.22. The van der Waals surface area contributed by atoms with E-state index in [0.29, 0.717) is 6.04 Å². The van der Waals surface area contributed by atoms with Crippen molar-refractivity contribution in [2.75, 3.05) is 6.54 Å². The molecule has 0 aliphatic heterocycles. The summed E-state index contributed by atoms with van der Waals surface area (Å²) >= 11 is 5.22. The summed E-state index contributed by atoms with van der Waals surface area (Å²) in [5, 5.41) is 14.9. The van der Waals surface area contributed by atoms with Crippen molar-refractivity contribution in [3.05, 3.63) is 12.4 Å². The van der Waals surface area contributed by atoms with Crippen LogP contribution in [-0.2, 0) is 6.54 Å². The van der Waals surface area contributed by atoms with Crippen LogP contribution in [0.25, 0.3) is 0 Å². The van der Waals surface area contributed by atoms with Gasteiger partial charge in [0, 0.05) is 18.8 Å². The highest BCUT2D eigenvalue weighted by Crippen LogP contribution is 2.17. The Morgan fingerprint density at radius 1 is 1.44 bits per heavy atom. The maximum Gasteiger partial charge on any atom is 0.166 e. The predicted molar refractivity (Wildman–Crippen MR) is 66.0 cm³/mol. The molecule has 2 N–H and O–H groups in total. The molecule has 0 aromatic carbocycles. The van der Waals surface area contributed by atoms with Crippen molar-refractivity contribution in [1.29, 1.82) is 0 Å². The van der Waals surface area contributed by atoms with E-state index in [0.717, 1.165) is 18.2 Å². The van der Waals surface area contributed by atoms with Crippen LogP contribution < -0.4 is 10.6 Å². The molecular formula is C10H17N5S. The third-order valence-corrected chi connectivity index (χ3v) is 3.05. The molecule has 1 saturated carbocycles. The molecule has 1 aliphatic rings. The van der Waals surface area contributed by atoms with Gasteiger partial charge in [-0.05, 0) is 25.1 Å². The quantitative estimate of drug-likeness (QED) is 0.757. The molecule has 0 atom stereocenters. The van der Waals surface area contributed by atoms with Crippen LogP contribution in [-0.4, -0.2) is 32.7 Å². The van der Waals surface area contributed by atoms with Crippen molar-refractivity contribution in [1.82, 2.24) is 25.6 Å². The minimum atomic E-state index is 0.575. The lowest BCUT2D eigenvalue weighted by Crippen LogP contribution is -2.41. The summed E-state index contributed by atoms with van der Waals surface area (Å²) in [6.45, 7) is 1.56. The van der Waals surface area contributed by atoms with E-state index < -0.39 is 0 Å². The van der Waals surface area contributed by atoms with E-state index in [1.807, 2.05) is 6.20 Å². The Kier molecular flexibility index (Phi) is 4.10. The van der Waals surface area contributed by atoms with Gasteiger partial charge in [-0.15, -0.1) is 5.10 Å². The average molecular weight is 239 g/mol. The van der Waals surface area contributed by atoms with Gasteiger partial charge in [-0.2, -0.15) is 0 Å². The molecule has 0 saturated heterocycles. The van der Waals surface area contributed by atoms with Gasteiger partial charge in [-0.3, -0.25) is 4.68 Å². The van der Waals surface area contributed by atoms with Crippen molar-refractivity contribution >= 4 is 17.3 Å². The van der Waals surface area contributed by atoms with Crippen molar-refractivity contribution in [2.24, 2.45) is 0 Å². The largest absolute Gasteiger partial charge is 0.361 e. The van der Waals surface area contributed by atoms with Crippen molar-refractivity contribution in [3.63, 3.8) is 0 Å². The summed E-state index contributed by atoms with van der Waals surface area (Å²) in [7, 11) is 0. The number of nitrogens with zero attached hydrogens (tertiary/aromatic N) is 3. The average Bonchev–Trinajstić information content (AvgIpc) is 2.90. The molecule has 88 valence electrons. The highest BCUT2D eigenvalue weighted by Gasteiger charge is 2.14. The van der Waals surface area contributed by atoms with Crippen LogP contribution >= 0.6 is 12.2 Å². The second kappa shape index (κ2) is 5.79. The Hall–Kier alpha value is -1.17. The summed E-state index contributed by atoms with van der Waals surface area (Å²) < 4.78 is 1.78. The van der Waals surface area contributed by atoms with Gasteiger partial charge in [0.1, 0.15) is 0 Å². The summed E-state index contributed by atoms with van der Waals surface area (Å²) in [5.74, 6) is 0. The first-order valence-corrected chi connectivity index (χ1v) is 6.14. The first-order valence-electron chi connectivity index (χ1n) is 5.73. The minimum absolute atomic E-state index is 0.575. The lowest BCUT2D eigenvalue weighted by molar-refractivity contribution is 0.569. The molecule has 6 heteroatoms. The molecule has 1 aromatic heterocycles. The number of rotatable bonds is 4. The monoisotopic (exact) mass is 239 g/mol. The zero-order chi connectivity index (χ0) is 11.2. The van der Waals surface area contributed by atoms with Crippen molar-refractivity contribution in [3.8, 4) is 0 Å². The highest BCUT2D eigenvalue weighted by molar-refractivity contribution is 7.80. The topological polar surface area (TPSA) is 54.8 Å². The second-order valence-corrected chi connectivity index (χ2v) is 4.46. The number of nitrogens with one attached hydrogen (secondary N) is 2. The van der Waals surface area contributed by atoms with E-state index in [9.17, 15) is 0 Å². The van der Waals surface area contributed by atoms with E-state index in [2.05, 4.69) is 20.9 Å². The molecule has 5 nitrogen and oxygen atoms in total. The molecule has 0 radical (unpaired) electrons. The van der Waals surface area contributed by atoms with Crippen molar-refractivity contribution < 1.29 is 0 Å². The van der Waals surface area contributed by atoms with Crippen LogP contribution in [0, 0.1) is 0 Å².